The summed E-state index contributed by atoms with van der Waals surface area (Å²) in [7, 11) is 0. The average molecular weight is 239 g/mol. The maximum absolute atomic E-state index is 10.5. The molecular formula is C8H9N5O2S. The van der Waals surface area contributed by atoms with Gasteiger partial charge in [-0.3, -0.25) is 4.79 Å². The molecule has 0 radical (unpaired) electrons. The first-order chi connectivity index (χ1) is 7.66. The van der Waals surface area contributed by atoms with Gasteiger partial charge in [0.25, 0.3) is 0 Å². The van der Waals surface area contributed by atoms with Gasteiger partial charge in [0.1, 0.15) is 11.6 Å². The lowest BCUT2D eigenvalue weighted by Crippen LogP contribution is -2.32. The Kier molecular flexibility index (Phi) is 3.02. The molecule has 2 heterocycles. The maximum atomic E-state index is 10.5. The van der Waals surface area contributed by atoms with E-state index in [9.17, 15) is 4.79 Å². The van der Waals surface area contributed by atoms with Gasteiger partial charge in [-0.1, -0.05) is 11.8 Å². The number of aliphatic carboxylic acids is 1. The number of thioether (sulfide) groups is 1. The number of aromatic amines is 1. The third-order valence-electron chi connectivity index (χ3n) is 1.86. The summed E-state index contributed by atoms with van der Waals surface area (Å²) in [6.45, 7) is 0. The first-order valence-electron chi connectivity index (χ1n) is 4.44. The number of imidazole rings is 1. The number of carboxylic acids is 1. The Bertz CT molecular complexity index is 514. The molecule has 0 aliphatic rings. The van der Waals surface area contributed by atoms with E-state index in [4.69, 9.17) is 10.8 Å². The molecule has 0 fully saturated rings. The zero-order valence-corrected chi connectivity index (χ0v) is 8.94. The molecular weight excluding hydrogens is 230 g/mol. The van der Waals surface area contributed by atoms with E-state index in [0.717, 1.165) is 5.52 Å². The lowest BCUT2D eigenvalue weighted by Gasteiger charge is -2.03. The van der Waals surface area contributed by atoms with Crippen molar-refractivity contribution < 1.29 is 9.90 Å². The van der Waals surface area contributed by atoms with Crippen LogP contribution >= 0.6 is 11.8 Å². The Morgan fingerprint density at radius 1 is 1.62 bits per heavy atom. The van der Waals surface area contributed by atoms with E-state index in [-0.39, 0.29) is 5.75 Å². The maximum Gasteiger partial charge on any atom is 0.321 e. The number of aromatic nitrogens is 4. The second-order valence-corrected chi connectivity index (χ2v) is 4.04. The van der Waals surface area contributed by atoms with E-state index in [1.807, 2.05) is 0 Å². The van der Waals surface area contributed by atoms with Crippen LogP contribution in [-0.4, -0.2) is 42.8 Å². The number of nitrogens with one attached hydrogen (secondary N) is 1. The highest BCUT2D eigenvalue weighted by atomic mass is 32.2. The number of rotatable bonds is 4. The smallest absolute Gasteiger partial charge is 0.321 e. The molecule has 2 rings (SSSR count). The van der Waals surface area contributed by atoms with Gasteiger partial charge in [0.05, 0.1) is 12.5 Å². The van der Waals surface area contributed by atoms with E-state index in [0.29, 0.717) is 10.8 Å². The van der Waals surface area contributed by atoms with E-state index in [1.165, 1.54) is 18.1 Å². The molecule has 16 heavy (non-hydrogen) atoms. The quantitative estimate of drug-likeness (QED) is 0.501. The first kappa shape index (κ1) is 10.8. The van der Waals surface area contributed by atoms with Crippen LogP contribution in [0.5, 0.6) is 0 Å². The van der Waals surface area contributed by atoms with Crippen LogP contribution in [0.25, 0.3) is 11.2 Å². The molecule has 4 N–H and O–H groups in total. The van der Waals surface area contributed by atoms with Crippen LogP contribution in [0.3, 0.4) is 0 Å². The summed E-state index contributed by atoms with van der Waals surface area (Å²) in [6.07, 6.45) is 3.13. The Balaban J connectivity index is 2.06. The van der Waals surface area contributed by atoms with Gasteiger partial charge in [0.2, 0.25) is 0 Å². The molecule has 7 nitrogen and oxygen atoms in total. The van der Waals surface area contributed by atoms with Gasteiger partial charge < -0.3 is 15.8 Å². The van der Waals surface area contributed by atoms with Crippen LogP contribution in [0.1, 0.15) is 0 Å². The van der Waals surface area contributed by atoms with Crippen molar-refractivity contribution in [2.24, 2.45) is 5.73 Å². The predicted octanol–water partition coefficient (Wildman–Crippen LogP) is -0.143. The van der Waals surface area contributed by atoms with Gasteiger partial charge in [-0.05, 0) is 0 Å². The Morgan fingerprint density at radius 2 is 2.44 bits per heavy atom. The number of nitrogens with zero attached hydrogens (tertiary/aromatic N) is 3. The third kappa shape index (κ3) is 2.28. The van der Waals surface area contributed by atoms with E-state index < -0.39 is 12.0 Å². The fraction of sp³-hybridized carbons (Fsp3) is 0.250. The minimum atomic E-state index is -1.03. The number of fused-ring (bicyclic) bond motifs is 1. The van der Waals surface area contributed by atoms with Gasteiger partial charge >= 0.3 is 5.97 Å². The van der Waals surface area contributed by atoms with Crippen LogP contribution in [0, 0.1) is 0 Å². The van der Waals surface area contributed by atoms with Crippen molar-refractivity contribution in [3.63, 3.8) is 0 Å². The molecule has 2 aromatic heterocycles. The minimum absolute atomic E-state index is 0.227. The molecule has 84 valence electrons. The van der Waals surface area contributed by atoms with Crippen molar-refractivity contribution >= 4 is 28.9 Å². The van der Waals surface area contributed by atoms with Crippen molar-refractivity contribution in [3.8, 4) is 0 Å². The van der Waals surface area contributed by atoms with Crippen molar-refractivity contribution in [2.45, 2.75) is 11.2 Å². The molecule has 0 aromatic carbocycles. The molecule has 0 unspecified atom stereocenters. The van der Waals surface area contributed by atoms with Crippen LogP contribution < -0.4 is 5.73 Å². The van der Waals surface area contributed by atoms with Crippen molar-refractivity contribution in [3.05, 3.63) is 12.5 Å². The standard InChI is InChI=1S/C8H9N5O2S/c9-4(7(14)15)2-16-8-10-1-5-6(13-8)12-3-11-5/h1,3-4H,2,9H2,(H,14,15)(H,10,11,12,13)/t4-/m0/s1. The number of carbonyl (C=O) groups is 1. The highest BCUT2D eigenvalue weighted by Crippen LogP contribution is 2.15. The van der Waals surface area contributed by atoms with Gasteiger partial charge in [-0.25, -0.2) is 15.0 Å². The number of nitrogens with two attached hydrogens (primary N) is 1. The zero-order valence-electron chi connectivity index (χ0n) is 8.12. The summed E-state index contributed by atoms with van der Waals surface area (Å²) < 4.78 is 0. The lowest BCUT2D eigenvalue weighted by atomic mass is 10.4. The van der Waals surface area contributed by atoms with Crippen LogP contribution in [0.2, 0.25) is 0 Å². The molecule has 0 bridgehead atoms. The van der Waals surface area contributed by atoms with Gasteiger partial charge in [-0.15, -0.1) is 0 Å². The van der Waals surface area contributed by atoms with Crippen LogP contribution in [0.4, 0.5) is 0 Å². The fourth-order valence-corrected chi connectivity index (χ4v) is 1.77. The number of hydrogen-bond acceptors (Lipinski definition) is 6. The molecule has 0 saturated heterocycles. The summed E-state index contributed by atoms with van der Waals surface area (Å²) in [4.78, 5) is 25.5. The fourth-order valence-electron chi connectivity index (χ4n) is 1.03. The average Bonchev–Trinajstić information content (AvgIpc) is 2.72. The normalized spacial score (nSPS) is 12.8. The van der Waals surface area contributed by atoms with Gasteiger partial charge in [0.15, 0.2) is 10.8 Å². The third-order valence-corrected chi connectivity index (χ3v) is 2.84. The summed E-state index contributed by atoms with van der Waals surface area (Å²) in [5.74, 6) is -0.806. The molecule has 8 heteroatoms. The predicted molar refractivity (Wildman–Crippen MR) is 58.0 cm³/mol. The van der Waals surface area contributed by atoms with Crippen molar-refractivity contribution in [2.75, 3.05) is 5.75 Å². The molecule has 2 aromatic rings. The Labute approximate surface area is 94.5 Å². The Morgan fingerprint density at radius 3 is 3.19 bits per heavy atom. The van der Waals surface area contributed by atoms with E-state index >= 15 is 0 Å². The lowest BCUT2D eigenvalue weighted by molar-refractivity contribution is -0.137. The van der Waals surface area contributed by atoms with E-state index in [2.05, 4.69) is 19.9 Å². The molecule has 1 atom stereocenters. The topological polar surface area (TPSA) is 118 Å². The highest BCUT2D eigenvalue weighted by molar-refractivity contribution is 7.99. The monoisotopic (exact) mass is 239 g/mol. The Hall–Kier alpha value is -1.67. The number of H-pyrrole nitrogens is 1. The van der Waals surface area contributed by atoms with Crippen molar-refractivity contribution in [1.29, 1.82) is 0 Å². The van der Waals surface area contributed by atoms with Crippen LogP contribution in [0.15, 0.2) is 17.7 Å². The minimum Gasteiger partial charge on any atom is -0.480 e. The summed E-state index contributed by atoms with van der Waals surface area (Å²) in [5, 5.41) is 9.07. The highest BCUT2D eigenvalue weighted by Gasteiger charge is 2.12. The second kappa shape index (κ2) is 4.45. The molecule has 0 aliphatic heterocycles. The molecule has 0 spiro atoms. The van der Waals surface area contributed by atoms with Gasteiger partial charge in [-0.2, -0.15) is 0 Å². The number of carboxylic acid groups (broad SMARTS) is 1. The number of hydrogen-bond donors (Lipinski definition) is 3. The van der Waals surface area contributed by atoms with Crippen molar-refractivity contribution in [1.82, 2.24) is 19.9 Å². The van der Waals surface area contributed by atoms with Crippen LogP contribution in [-0.2, 0) is 4.79 Å². The molecule has 0 aliphatic carbocycles. The zero-order chi connectivity index (χ0) is 11.5. The summed E-state index contributed by atoms with van der Waals surface area (Å²) >= 11 is 1.19. The molecule has 0 amide bonds. The second-order valence-electron chi connectivity index (χ2n) is 3.05. The summed E-state index contributed by atoms with van der Waals surface area (Å²) in [6, 6.07) is -0.913. The largest absolute Gasteiger partial charge is 0.480 e. The SMILES string of the molecule is N[C@@H](CSc1ncc2[nH]cnc2n1)C(=O)O. The van der Waals surface area contributed by atoms with Gasteiger partial charge in [0, 0.05) is 5.75 Å². The summed E-state index contributed by atoms with van der Waals surface area (Å²) in [5.41, 5.74) is 6.66. The van der Waals surface area contributed by atoms with E-state index in [1.54, 1.807) is 6.20 Å². The first-order valence-corrected chi connectivity index (χ1v) is 5.42. The molecule has 0 saturated carbocycles.